The Morgan fingerprint density at radius 2 is 2.20 bits per heavy atom. The fourth-order valence-corrected chi connectivity index (χ4v) is 2.19. The summed E-state index contributed by atoms with van der Waals surface area (Å²) in [5.41, 5.74) is 0. The molecule has 1 heterocycles. The van der Waals surface area contributed by atoms with Gasteiger partial charge in [0.1, 0.15) is 0 Å². The lowest BCUT2D eigenvalue weighted by Gasteiger charge is -2.03. The normalized spacial score (nSPS) is 19.6. The molecule has 1 aromatic heterocycles. The van der Waals surface area contributed by atoms with Gasteiger partial charge in [0, 0.05) is 18.4 Å². The van der Waals surface area contributed by atoms with Crippen molar-refractivity contribution in [3.05, 3.63) is 11.7 Å². The summed E-state index contributed by atoms with van der Waals surface area (Å²) in [7, 11) is 1.94. The fourth-order valence-electron chi connectivity index (χ4n) is 2.19. The molecule has 0 bridgehead atoms. The molecule has 1 saturated carbocycles. The number of hydrogen-bond acceptors (Lipinski definition) is 4. The lowest BCUT2D eigenvalue weighted by Crippen LogP contribution is -2.15. The Balaban J connectivity index is 2.02. The highest BCUT2D eigenvalue weighted by molar-refractivity contribution is 5.00. The van der Waals surface area contributed by atoms with Gasteiger partial charge in [0.05, 0.1) is 0 Å². The molecule has 0 spiro atoms. The van der Waals surface area contributed by atoms with Crippen molar-refractivity contribution in [3.8, 4) is 0 Å². The minimum absolute atomic E-state index is 0.303. The number of rotatable bonds is 4. The van der Waals surface area contributed by atoms with Gasteiger partial charge in [-0.3, -0.25) is 0 Å². The van der Waals surface area contributed by atoms with Crippen molar-refractivity contribution in [3.63, 3.8) is 0 Å². The third-order valence-electron chi connectivity index (χ3n) is 3.11. The van der Waals surface area contributed by atoms with E-state index in [1.54, 1.807) is 0 Å². The molecule has 1 atom stereocenters. The largest absolute Gasteiger partial charge is 0.339 e. The second kappa shape index (κ2) is 4.75. The highest BCUT2D eigenvalue weighted by Gasteiger charge is 2.23. The molecular weight excluding hydrogens is 190 g/mol. The quantitative estimate of drug-likeness (QED) is 0.824. The van der Waals surface area contributed by atoms with Gasteiger partial charge in [-0.25, -0.2) is 0 Å². The van der Waals surface area contributed by atoms with E-state index in [2.05, 4.69) is 22.4 Å². The monoisotopic (exact) mass is 209 g/mol. The van der Waals surface area contributed by atoms with Gasteiger partial charge in [-0.15, -0.1) is 0 Å². The van der Waals surface area contributed by atoms with Gasteiger partial charge in [-0.2, -0.15) is 4.98 Å². The summed E-state index contributed by atoms with van der Waals surface area (Å²) >= 11 is 0. The molecule has 4 heteroatoms. The van der Waals surface area contributed by atoms with E-state index in [1.807, 2.05) is 7.05 Å². The number of nitrogens with zero attached hydrogens (tertiary/aromatic N) is 2. The van der Waals surface area contributed by atoms with E-state index in [0.717, 1.165) is 18.3 Å². The van der Waals surface area contributed by atoms with Gasteiger partial charge in [0.25, 0.3) is 0 Å². The summed E-state index contributed by atoms with van der Waals surface area (Å²) in [5.74, 6) is 2.54. The molecule has 0 radical (unpaired) electrons. The summed E-state index contributed by atoms with van der Waals surface area (Å²) < 4.78 is 5.29. The van der Waals surface area contributed by atoms with E-state index in [9.17, 15) is 0 Å². The second-order valence-corrected chi connectivity index (χ2v) is 4.43. The van der Waals surface area contributed by atoms with Crippen LogP contribution in [0.1, 0.15) is 56.2 Å². The fraction of sp³-hybridized carbons (Fsp3) is 0.818. The average Bonchev–Trinajstić information content (AvgIpc) is 2.89. The van der Waals surface area contributed by atoms with Crippen molar-refractivity contribution in [2.24, 2.45) is 0 Å². The smallest absolute Gasteiger partial charge is 0.230 e. The van der Waals surface area contributed by atoms with Gasteiger partial charge >= 0.3 is 0 Å². The van der Waals surface area contributed by atoms with Crippen molar-refractivity contribution in [2.75, 3.05) is 13.6 Å². The van der Waals surface area contributed by atoms with Crippen LogP contribution in [0.15, 0.2) is 4.52 Å². The topological polar surface area (TPSA) is 51.0 Å². The molecule has 1 aliphatic rings. The summed E-state index contributed by atoms with van der Waals surface area (Å²) in [6.45, 7) is 2.98. The number of hydrogen-bond donors (Lipinski definition) is 1. The number of aromatic nitrogens is 2. The van der Waals surface area contributed by atoms with E-state index in [-0.39, 0.29) is 0 Å². The molecule has 15 heavy (non-hydrogen) atoms. The van der Waals surface area contributed by atoms with Gasteiger partial charge < -0.3 is 9.84 Å². The van der Waals surface area contributed by atoms with E-state index in [1.165, 1.54) is 25.7 Å². The maximum Gasteiger partial charge on any atom is 0.230 e. The Bertz CT molecular complexity index is 305. The molecule has 0 aliphatic heterocycles. The van der Waals surface area contributed by atoms with Crippen LogP contribution in [0.3, 0.4) is 0 Å². The summed E-state index contributed by atoms with van der Waals surface area (Å²) in [5, 5.41) is 7.20. The van der Waals surface area contributed by atoms with E-state index in [4.69, 9.17) is 4.52 Å². The van der Waals surface area contributed by atoms with Crippen LogP contribution in [0.4, 0.5) is 0 Å². The third-order valence-corrected chi connectivity index (χ3v) is 3.11. The number of likely N-dealkylation sites (N-methyl/N-ethyl adjacent to an activating group) is 1. The van der Waals surface area contributed by atoms with Crippen LogP contribution in [0, 0.1) is 0 Å². The summed E-state index contributed by atoms with van der Waals surface area (Å²) in [4.78, 5) is 4.49. The second-order valence-electron chi connectivity index (χ2n) is 4.43. The van der Waals surface area contributed by atoms with Crippen molar-refractivity contribution in [2.45, 2.75) is 44.4 Å². The Kier molecular flexibility index (Phi) is 3.36. The summed E-state index contributed by atoms with van der Waals surface area (Å²) in [6.07, 6.45) is 5.06. The Hall–Kier alpha value is -0.900. The SMILES string of the molecule is CNCC(C)c1nc(C2CCCC2)no1. The molecule has 1 N–H and O–H groups in total. The average molecular weight is 209 g/mol. The maximum absolute atomic E-state index is 5.29. The van der Waals surface area contributed by atoms with Crippen LogP contribution in [-0.2, 0) is 0 Å². The minimum Gasteiger partial charge on any atom is -0.339 e. The van der Waals surface area contributed by atoms with Crippen molar-refractivity contribution in [1.29, 1.82) is 0 Å². The first-order chi connectivity index (χ1) is 7.31. The zero-order valence-corrected chi connectivity index (χ0v) is 9.49. The van der Waals surface area contributed by atoms with Crippen LogP contribution in [0.25, 0.3) is 0 Å². The molecule has 0 amide bonds. The molecule has 1 aliphatic carbocycles. The molecular formula is C11H19N3O. The molecule has 4 nitrogen and oxygen atoms in total. The number of nitrogens with one attached hydrogen (secondary N) is 1. The highest BCUT2D eigenvalue weighted by Crippen LogP contribution is 2.32. The lowest BCUT2D eigenvalue weighted by atomic mass is 10.1. The minimum atomic E-state index is 0.303. The molecule has 84 valence electrons. The Morgan fingerprint density at radius 3 is 2.87 bits per heavy atom. The molecule has 1 aromatic rings. The zero-order chi connectivity index (χ0) is 10.7. The van der Waals surface area contributed by atoms with E-state index >= 15 is 0 Å². The van der Waals surface area contributed by atoms with Crippen LogP contribution in [-0.4, -0.2) is 23.7 Å². The predicted octanol–water partition coefficient (Wildman–Crippen LogP) is 2.05. The first-order valence-corrected chi connectivity index (χ1v) is 5.79. The molecule has 0 saturated heterocycles. The molecule has 1 fully saturated rings. The first kappa shape index (κ1) is 10.6. The van der Waals surface area contributed by atoms with Crippen LogP contribution < -0.4 is 5.32 Å². The predicted molar refractivity (Wildman–Crippen MR) is 57.8 cm³/mol. The van der Waals surface area contributed by atoms with Crippen molar-refractivity contribution in [1.82, 2.24) is 15.5 Å². The van der Waals surface area contributed by atoms with Crippen LogP contribution in [0.2, 0.25) is 0 Å². The van der Waals surface area contributed by atoms with Crippen molar-refractivity contribution >= 4 is 0 Å². The lowest BCUT2D eigenvalue weighted by molar-refractivity contribution is 0.350. The first-order valence-electron chi connectivity index (χ1n) is 5.79. The van der Waals surface area contributed by atoms with Gasteiger partial charge in [0.15, 0.2) is 5.82 Å². The van der Waals surface area contributed by atoms with E-state index < -0.39 is 0 Å². The third kappa shape index (κ3) is 2.37. The van der Waals surface area contributed by atoms with Crippen LogP contribution >= 0.6 is 0 Å². The van der Waals surface area contributed by atoms with E-state index in [0.29, 0.717) is 11.8 Å². The van der Waals surface area contributed by atoms with Gasteiger partial charge in [-0.1, -0.05) is 24.9 Å². The van der Waals surface area contributed by atoms with Gasteiger partial charge in [0.2, 0.25) is 5.89 Å². The van der Waals surface area contributed by atoms with Crippen LogP contribution in [0.5, 0.6) is 0 Å². The molecule has 0 aromatic carbocycles. The summed E-state index contributed by atoms with van der Waals surface area (Å²) in [6, 6.07) is 0. The Labute approximate surface area is 90.4 Å². The zero-order valence-electron chi connectivity index (χ0n) is 9.49. The maximum atomic E-state index is 5.29. The molecule has 2 rings (SSSR count). The highest BCUT2D eigenvalue weighted by atomic mass is 16.5. The van der Waals surface area contributed by atoms with Gasteiger partial charge in [-0.05, 0) is 19.9 Å². The molecule has 1 unspecified atom stereocenters. The standard InChI is InChI=1S/C11H19N3O/c1-8(7-12-2)11-13-10(14-15-11)9-5-3-4-6-9/h8-9,12H,3-7H2,1-2H3. The Morgan fingerprint density at radius 1 is 1.47 bits per heavy atom. The van der Waals surface area contributed by atoms with Crippen molar-refractivity contribution < 1.29 is 4.52 Å².